The van der Waals surface area contributed by atoms with Crippen molar-refractivity contribution in [2.75, 3.05) is 6.67 Å². The normalized spacial score (nSPS) is 10.5. The highest BCUT2D eigenvalue weighted by Crippen LogP contribution is 2.18. The van der Waals surface area contributed by atoms with Crippen LogP contribution >= 0.6 is 0 Å². The van der Waals surface area contributed by atoms with Crippen LogP contribution in [0.5, 0.6) is 0 Å². The molecular formula is C31H26N2O6. The number of amides is 2. The molecule has 8 nitrogen and oxygen atoms in total. The number of rotatable bonds is 10. The molecule has 196 valence electrons. The van der Waals surface area contributed by atoms with Crippen molar-refractivity contribution < 1.29 is 29.4 Å². The van der Waals surface area contributed by atoms with Crippen LogP contribution in [0, 0.1) is 0 Å². The average Bonchev–Trinajstić information content (AvgIpc) is 2.94. The molecule has 0 radical (unpaired) electrons. The van der Waals surface area contributed by atoms with Gasteiger partial charge in [-0.1, -0.05) is 72.8 Å². The van der Waals surface area contributed by atoms with Crippen molar-refractivity contribution in [3.63, 3.8) is 0 Å². The fourth-order valence-corrected chi connectivity index (χ4v) is 4.21. The standard InChI is InChI=1S/C31H26N2O6/c34-28(24-13-11-22(17-26(24)30(36)37)15-20-7-3-1-4-8-20)32-19-33-29(35)25-14-12-23(18-27(25)31(38)39)16-21-9-5-2-6-10-21/h1-14,17-18H,15-16,19H2,(H,32,34)(H,33,35)(H,36,37)(H,38,39). The first-order chi connectivity index (χ1) is 18.8. The van der Waals surface area contributed by atoms with Gasteiger partial charge in [-0.3, -0.25) is 9.59 Å². The Morgan fingerprint density at radius 2 is 0.872 bits per heavy atom. The number of carboxylic acids is 2. The zero-order valence-corrected chi connectivity index (χ0v) is 20.9. The predicted molar refractivity (Wildman–Crippen MR) is 145 cm³/mol. The molecule has 0 saturated heterocycles. The van der Waals surface area contributed by atoms with E-state index < -0.39 is 23.8 Å². The summed E-state index contributed by atoms with van der Waals surface area (Å²) in [6.07, 6.45) is 1.02. The molecule has 0 atom stereocenters. The summed E-state index contributed by atoms with van der Waals surface area (Å²) in [7, 11) is 0. The highest BCUT2D eigenvalue weighted by atomic mass is 16.4. The number of aromatic carboxylic acids is 2. The molecule has 4 aromatic carbocycles. The van der Waals surface area contributed by atoms with Gasteiger partial charge in [0.25, 0.3) is 11.8 Å². The molecule has 0 fully saturated rings. The maximum Gasteiger partial charge on any atom is 0.336 e. The van der Waals surface area contributed by atoms with E-state index >= 15 is 0 Å². The van der Waals surface area contributed by atoms with Crippen molar-refractivity contribution in [2.45, 2.75) is 12.8 Å². The van der Waals surface area contributed by atoms with Gasteiger partial charge in [0.1, 0.15) is 0 Å². The summed E-state index contributed by atoms with van der Waals surface area (Å²) in [6, 6.07) is 28.2. The molecular weight excluding hydrogens is 496 g/mol. The van der Waals surface area contributed by atoms with Crippen LogP contribution < -0.4 is 10.6 Å². The van der Waals surface area contributed by atoms with Crippen molar-refractivity contribution in [2.24, 2.45) is 0 Å². The minimum absolute atomic E-state index is 0.0509. The zero-order chi connectivity index (χ0) is 27.8. The van der Waals surface area contributed by atoms with Gasteiger partial charge in [0.05, 0.1) is 28.9 Å². The fourth-order valence-electron chi connectivity index (χ4n) is 4.21. The van der Waals surface area contributed by atoms with Crippen molar-refractivity contribution in [3.8, 4) is 0 Å². The van der Waals surface area contributed by atoms with E-state index in [9.17, 15) is 29.4 Å². The second-order valence-corrected chi connectivity index (χ2v) is 8.88. The first kappa shape index (κ1) is 26.8. The fraction of sp³-hybridized carbons (Fsp3) is 0.0968. The molecule has 0 aromatic heterocycles. The Hall–Kier alpha value is -5.24. The molecule has 4 rings (SSSR count). The SMILES string of the molecule is O=C(O)c1cc(Cc2ccccc2)ccc1C(=O)NCNC(=O)c1ccc(Cc2ccccc2)cc1C(=O)O. The van der Waals surface area contributed by atoms with E-state index in [0.717, 1.165) is 22.3 Å². The van der Waals surface area contributed by atoms with Crippen LogP contribution in [-0.2, 0) is 12.8 Å². The van der Waals surface area contributed by atoms with Gasteiger partial charge in [-0.2, -0.15) is 0 Å². The van der Waals surface area contributed by atoms with E-state index in [1.165, 1.54) is 24.3 Å². The lowest BCUT2D eigenvalue weighted by Gasteiger charge is -2.12. The molecule has 2 amide bonds. The van der Waals surface area contributed by atoms with E-state index in [1.54, 1.807) is 12.1 Å². The van der Waals surface area contributed by atoms with E-state index in [1.807, 2.05) is 60.7 Å². The lowest BCUT2D eigenvalue weighted by atomic mass is 9.98. The minimum Gasteiger partial charge on any atom is -0.478 e. The van der Waals surface area contributed by atoms with E-state index in [0.29, 0.717) is 12.8 Å². The number of benzene rings is 4. The molecule has 8 heteroatoms. The molecule has 0 aliphatic rings. The molecule has 0 spiro atoms. The molecule has 0 unspecified atom stereocenters. The molecule has 0 bridgehead atoms. The van der Waals surface area contributed by atoms with Crippen molar-refractivity contribution >= 4 is 23.8 Å². The molecule has 39 heavy (non-hydrogen) atoms. The third-order valence-corrected chi connectivity index (χ3v) is 6.12. The quantitative estimate of drug-likeness (QED) is 0.229. The Labute approximate surface area is 224 Å². The summed E-state index contributed by atoms with van der Waals surface area (Å²) in [5.41, 5.74) is 3.06. The Kier molecular flexibility index (Phi) is 8.48. The van der Waals surface area contributed by atoms with Crippen LogP contribution in [0.15, 0.2) is 97.1 Å². The molecule has 0 saturated carbocycles. The number of hydrogen-bond acceptors (Lipinski definition) is 4. The molecule has 0 aliphatic carbocycles. The van der Waals surface area contributed by atoms with E-state index in [4.69, 9.17) is 0 Å². The number of nitrogens with one attached hydrogen (secondary N) is 2. The summed E-state index contributed by atoms with van der Waals surface area (Å²) in [4.78, 5) is 49.1. The lowest BCUT2D eigenvalue weighted by Crippen LogP contribution is -2.38. The number of hydrogen-bond donors (Lipinski definition) is 4. The van der Waals surface area contributed by atoms with Crippen LogP contribution in [-0.4, -0.2) is 40.6 Å². The van der Waals surface area contributed by atoms with Gasteiger partial charge in [0, 0.05) is 0 Å². The Morgan fingerprint density at radius 3 is 1.23 bits per heavy atom. The second-order valence-electron chi connectivity index (χ2n) is 8.88. The lowest BCUT2D eigenvalue weighted by molar-refractivity contribution is 0.0683. The maximum atomic E-state index is 12.7. The summed E-state index contributed by atoms with van der Waals surface area (Å²) in [5.74, 6) is -3.87. The van der Waals surface area contributed by atoms with Gasteiger partial charge in [-0.15, -0.1) is 0 Å². The first-order valence-electron chi connectivity index (χ1n) is 12.2. The van der Waals surface area contributed by atoms with Gasteiger partial charge in [0.15, 0.2) is 0 Å². The smallest absolute Gasteiger partial charge is 0.336 e. The highest BCUT2D eigenvalue weighted by molar-refractivity contribution is 6.06. The topological polar surface area (TPSA) is 133 Å². The predicted octanol–water partition coefficient (Wildman–Crippen LogP) is 4.38. The van der Waals surface area contributed by atoms with Crippen molar-refractivity contribution in [3.05, 3.63) is 142 Å². The van der Waals surface area contributed by atoms with Gasteiger partial charge in [0.2, 0.25) is 0 Å². The van der Waals surface area contributed by atoms with Gasteiger partial charge in [-0.25, -0.2) is 9.59 Å². The molecule has 4 aromatic rings. The number of carboxylic acid groups (broad SMARTS) is 2. The molecule has 4 N–H and O–H groups in total. The summed E-state index contributed by atoms with van der Waals surface area (Å²) < 4.78 is 0. The summed E-state index contributed by atoms with van der Waals surface area (Å²) in [5, 5.41) is 24.3. The number of carbonyl (C=O) groups is 4. The van der Waals surface area contributed by atoms with Crippen LogP contribution in [0.25, 0.3) is 0 Å². The Bertz CT molecular complexity index is 1400. The number of carbonyl (C=O) groups excluding carboxylic acids is 2. The van der Waals surface area contributed by atoms with Gasteiger partial charge in [-0.05, 0) is 59.4 Å². The first-order valence-corrected chi connectivity index (χ1v) is 12.2. The van der Waals surface area contributed by atoms with Crippen LogP contribution in [0.2, 0.25) is 0 Å². The largest absolute Gasteiger partial charge is 0.478 e. The third-order valence-electron chi connectivity index (χ3n) is 6.12. The third kappa shape index (κ3) is 6.95. The van der Waals surface area contributed by atoms with Crippen LogP contribution in [0.3, 0.4) is 0 Å². The van der Waals surface area contributed by atoms with E-state index in [2.05, 4.69) is 10.6 Å². The highest BCUT2D eigenvalue weighted by Gasteiger charge is 2.19. The average molecular weight is 523 g/mol. The monoisotopic (exact) mass is 522 g/mol. The maximum absolute atomic E-state index is 12.7. The van der Waals surface area contributed by atoms with Crippen LogP contribution in [0.4, 0.5) is 0 Å². The Morgan fingerprint density at radius 1 is 0.487 bits per heavy atom. The van der Waals surface area contributed by atoms with Crippen molar-refractivity contribution in [1.29, 1.82) is 0 Å². The van der Waals surface area contributed by atoms with Gasteiger partial charge < -0.3 is 20.8 Å². The van der Waals surface area contributed by atoms with Crippen molar-refractivity contribution in [1.82, 2.24) is 10.6 Å². The summed E-state index contributed by atoms with van der Waals surface area (Å²) in [6.45, 7) is -0.326. The second kappa shape index (κ2) is 12.3. The molecule has 0 aliphatic heterocycles. The van der Waals surface area contributed by atoms with E-state index in [-0.39, 0.29) is 28.9 Å². The summed E-state index contributed by atoms with van der Waals surface area (Å²) >= 11 is 0. The zero-order valence-electron chi connectivity index (χ0n) is 20.9. The molecule has 0 heterocycles. The Balaban J connectivity index is 1.41. The van der Waals surface area contributed by atoms with Gasteiger partial charge >= 0.3 is 11.9 Å². The minimum atomic E-state index is -1.25. The van der Waals surface area contributed by atoms with Crippen LogP contribution in [0.1, 0.15) is 63.7 Å².